The fourth-order valence-electron chi connectivity index (χ4n) is 2.37. The fourth-order valence-corrected chi connectivity index (χ4v) is 2.78. The van der Waals surface area contributed by atoms with Crippen LogP contribution < -0.4 is 0 Å². The molecule has 13 heavy (non-hydrogen) atoms. The molecule has 2 saturated carbocycles. The molecule has 76 valence electrons. The topological polar surface area (TPSA) is 9.23 Å². The minimum absolute atomic E-state index is 0.464. The zero-order chi connectivity index (χ0) is 9.15. The van der Waals surface area contributed by atoms with E-state index >= 15 is 0 Å². The van der Waals surface area contributed by atoms with Crippen LogP contribution in [0.15, 0.2) is 0 Å². The lowest BCUT2D eigenvalue weighted by Gasteiger charge is -2.41. The Bertz CT molecular complexity index is 154. The molecule has 0 atom stereocenters. The Morgan fingerprint density at radius 2 is 1.85 bits per heavy atom. The molecule has 2 fully saturated rings. The molecule has 0 aliphatic heterocycles. The summed E-state index contributed by atoms with van der Waals surface area (Å²) in [6.45, 7) is 0.973. The highest BCUT2D eigenvalue weighted by atomic mass is 32.1. The van der Waals surface area contributed by atoms with Gasteiger partial charge in [0.25, 0.3) is 0 Å². The van der Waals surface area contributed by atoms with Crippen molar-refractivity contribution < 1.29 is 4.74 Å². The number of hydrogen-bond acceptors (Lipinski definition) is 2. The van der Waals surface area contributed by atoms with Crippen molar-refractivity contribution in [1.82, 2.24) is 0 Å². The van der Waals surface area contributed by atoms with Gasteiger partial charge in [0.05, 0.1) is 12.7 Å². The van der Waals surface area contributed by atoms with E-state index in [9.17, 15) is 0 Å². The van der Waals surface area contributed by atoms with Gasteiger partial charge < -0.3 is 4.74 Å². The van der Waals surface area contributed by atoms with Gasteiger partial charge in [0.1, 0.15) is 0 Å². The summed E-state index contributed by atoms with van der Waals surface area (Å²) >= 11 is 4.43. The standard InChI is InChI=1S/C11H20OS/c13-9-11(6-3-7-11)8-12-10-4-1-2-5-10/h10,13H,1-9H2. The van der Waals surface area contributed by atoms with E-state index in [1.54, 1.807) is 0 Å². The quantitative estimate of drug-likeness (QED) is 0.686. The minimum atomic E-state index is 0.464. The highest BCUT2D eigenvalue weighted by Gasteiger charge is 2.36. The van der Waals surface area contributed by atoms with E-state index in [2.05, 4.69) is 12.6 Å². The average Bonchev–Trinajstić information content (AvgIpc) is 2.56. The van der Waals surface area contributed by atoms with Crippen LogP contribution in [-0.2, 0) is 4.74 Å². The molecule has 0 bridgehead atoms. The first kappa shape index (κ1) is 9.85. The Morgan fingerprint density at radius 3 is 2.31 bits per heavy atom. The highest BCUT2D eigenvalue weighted by molar-refractivity contribution is 7.80. The monoisotopic (exact) mass is 200 g/mol. The van der Waals surface area contributed by atoms with Gasteiger partial charge >= 0.3 is 0 Å². The molecule has 0 aromatic carbocycles. The van der Waals surface area contributed by atoms with Crippen molar-refractivity contribution in [3.05, 3.63) is 0 Å². The summed E-state index contributed by atoms with van der Waals surface area (Å²) < 4.78 is 5.95. The number of rotatable bonds is 4. The third-order valence-corrected chi connectivity index (χ3v) is 4.35. The van der Waals surface area contributed by atoms with E-state index < -0.39 is 0 Å². The van der Waals surface area contributed by atoms with E-state index in [1.165, 1.54) is 44.9 Å². The summed E-state index contributed by atoms with van der Waals surface area (Å²) in [4.78, 5) is 0. The molecule has 0 radical (unpaired) electrons. The molecular weight excluding hydrogens is 180 g/mol. The highest BCUT2D eigenvalue weighted by Crippen LogP contribution is 2.42. The maximum absolute atomic E-state index is 5.95. The van der Waals surface area contributed by atoms with E-state index in [4.69, 9.17) is 4.74 Å². The molecule has 1 nitrogen and oxygen atoms in total. The second-order valence-electron chi connectivity index (χ2n) is 4.73. The molecule has 2 heteroatoms. The predicted octanol–water partition coefficient (Wildman–Crippen LogP) is 3.05. The van der Waals surface area contributed by atoms with Crippen molar-refractivity contribution in [2.24, 2.45) is 5.41 Å². The molecule has 0 amide bonds. The van der Waals surface area contributed by atoms with Crippen LogP contribution in [-0.4, -0.2) is 18.5 Å². The zero-order valence-corrected chi connectivity index (χ0v) is 9.19. The summed E-state index contributed by atoms with van der Waals surface area (Å²) in [7, 11) is 0. The third-order valence-electron chi connectivity index (χ3n) is 3.68. The van der Waals surface area contributed by atoms with Crippen LogP contribution in [0.1, 0.15) is 44.9 Å². The van der Waals surface area contributed by atoms with Crippen molar-refractivity contribution in [3.8, 4) is 0 Å². The van der Waals surface area contributed by atoms with Crippen LogP contribution in [0.25, 0.3) is 0 Å². The Balaban J connectivity index is 1.71. The SMILES string of the molecule is SCC1(COC2CCCC2)CCC1. The molecule has 0 spiro atoms. The van der Waals surface area contributed by atoms with Crippen molar-refractivity contribution in [1.29, 1.82) is 0 Å². The molecule has 0 saturated heterocycles. The summed E-state index contributed by atoms with van der Waals surface area (Å²) in [5.41, 5.74) is 0.464. The van der Waals surface area contributed by atoms with Crippen LogP contribution in [0.2, 0.25) is 0 Å². The minimum Gasteiger partial charge on any atom is -0.378 e. The van der Waals surface area contributed by atoms with E-state index in [-0.39, 0.29) is 0 Å². The van der Waals surface area contributed by atoms with Crippen LogP contribution in [0.5, 0.6) is 0 Å². The lowest BCUT2D eigenvalue weighted by molar-refractivity contribution is -0.0295. The van der Waals surface area contributed by atoms with E-state index in [1.807, 2.05) is 0 Å². The largest absolute Gasteiger partial charge is 0.378 e. The van der Waals surface area contributed by atoms with Crippen LogP contribution >= 0.6 is 12.6 Å². The Hall–Kier alpha value is 0.310. The molecule has 2 aliphatic rings. The van der Waals surface area contributed by atoms with Crippen molar-refractivity contribution in [2.75, 3.05) is 12.4 Å². The average molecular weight is 200 g/mol. The van der Waals surface area contributed by atoms with Gasteiger partial charge in [-0.25, -0.2) is 0 Å². The van der Waals surface area contributed by atoms with Gasteiger partial charge in [-0.2, -0.15) is 12.6 Å². The lowest BCUT2D eigenvalue weighted by Crippen LogP contribution is -2.37. The molecular formula is C11H20OS. The van der Waals surface area contributed by atoms with E-state index in [0.717, 1.165) is 12.4 Å². The lowest BCUT2D eigenvalue weighted by atomic mass is 9.71. The Labute approximate surface area is 86.6 Å². The van der Waals surface area contributed by atoms with Gasteiger partial charge in [0.15, 0.2) is 0 Å². The van der Waals surface area contributed by atoms with Gasteiger partial charge in [-0.3, -0.25) is 0 Å². The number of hydrogen-bond donors (Lipinski definition) is 1. The number of thiol groups is 1. The summed E-state index contributed by atoms with van der Waals surface area (Å²) in [6.07, 6.45) is 9.97. The Kier molecular flexibility index (Phi) is 3.20. The van der Waals surface area contributed by atoms with Gasteiger partial charge in [0.2, 0.25) is 0 Å². The summed E-state index contributed by atoms with van der Waals surface area (Å²) in [5, 5.41) is 0. The molecule has 0 N–H and O–H groups in total. The van der Waals surface area contributed by atoms with Gasteiger partial charge in [-0.1, -0.05) is 19.3 Å². The van der Waals surface area contributed by atoms with Crippen molar-refractivity contribution in [2.45, 2.75) is 51.0 Å². The molecule has 0 aromatic rings. The van der Waals surface area contributed by atoms with Gasteiger partial charge in [-0.05, 0) is 31.4 Å². The first-order valence-electron chi connectivity index (χ1n) is 5.57. The van der Waals surface area contributed by atoms with E-state index in [0.29, 0.717) is 11.5 Å². The van der Waals surface area contributed by atoms with Crippen LogP contribution in [0.4, 0.5) is 0 Å². The first-order valence-corrected chi connectivity index (χ1v) is 6.20. The smallest absolute Gasteiger partial charge is 0.0575 e. The van der Waals surface area contributed by atoms with Gasteiger partial charge in [0, 0.05) is 5.41 Å². The fraction of sp³-hybridized carbons (Fsp3) is 1.00. The second kappa shape index (κ2) is 4.22. The van der Waals surface area contributed by atoms with Crippen molar-refractivity contribution >= 4 is 12.6 Å². The predicted molar refractivity (Wildman–Crippen MR) is 58.3 cm³/mol. The normalized spacial score (nSPS) is 27.5. The van der Waals surface area contributed by atoms with Crippen LogP contribution in [0.3, 0.4) is 0 Å². The molecule has 0 aromatic heterocycles. The number of ether oxygens (including phenoxy) is 1. The summed E-state index contributed by atoms with van der Waals surface area (Å²) in [6, 6.07) is 0. The molecule has 0 unspecified atom stereocenters. The van der Waals surface area contributed by atoms with Crippen LogP contribution in [0, 0.1) is 5.41 Å². The maximum Gasteiger partial charge on any atom is 0.0575 e. The van der Waals surface area contributed by atoms with Crippen molar-refractivity contribution in [3.63, 3.8) is 0 Å². The van der Waals surface area contributed by atoms with Gasteiger partial charge in [-0.15, -0.1) is 0 Å². The third kappa shape index (κ3) is 2.21. The Morgan fingerprint density at radius 1 is 1.15 bits per heavy atom. The zero-order valence-electron chi connectivity index (χ0n) is 8.30. The summed E-state index contributed by atoms with van der Waals surface area (Å²) in [5.74, 6) is 1.01. The molecule has 2 aliphatic carbocycles. The maximum atomic E-state index is 5.95. The molecule has 2 rings (SSSR count). The first-order chi connectivity index (χ1) is 6.35. The molecule has 0 heterocycles. The second-order valence-corrected chi connectivity index (χ2v) is 5.05.